The molecule has 1 amide bonds. The summed E-state index contributed by atoms with van der Waals surface area (Å²) in [4.78, 5) is 11.7. The standard InChI is InChI=1S/C15H20ClNO/c1-4-15(14(17)18)10(3)13(15)9(2)11-5-7-12(16)8-6-11/h5-10,13H,4H2,1-3H3,(H2,17,18). The summed E-state index contributed by atoms with van der Waals surface area (Å²) in [5.74, 6) is 0.903. The first-order chi connectivity index (χ1) is 8.45. The van der Waals surface area contributed by atoms with Crippen molar-refractivity contribution in [2.45, 2.75) is 33.1 Å². The zero-order valence-corrected chi connectivity index (χ0v) is 11.9. The van der Waals surface area contributed by atoms with Crippen molar-refractivity contribution in [3.05, 3.63) is 34.9 Å². The quantitative estimate of drug-likeness (QED) is 0.888. The molecule has 0 bridgehead atoms. The average molecular weight is 266 g/mol. The second-order valence-electron chi connectivity index (χ2n) is 5.41. The Balaban J connectivity index is 2.23. The molecule has 98 valence electrons. The van der Waals surface area contributed by atoms with E-state index in [9.17, 15) is 4.79 Å². The summed E-state index contributed by atoms with van der Waals surface area (Å²) in [6.07, 6.45) is 0.825. The summed E-state index contributed by atoms with van der Waals surface area (Å²) in [7, 11) is 0. The van der Waals surface area contributed by atoms with E-state index < -0.39 is 0 Å². The number of amides is 1. The van der Waals surface area contributed by atoms with Gasteiger partial charge in [-0.15, -0.1) is 0 Å². The number of hydrogen-bond donors (Lipinski definition) is 1. The highest BCUT2D eigenvalue weighted by molar-refractivity contribution is 6.30. The number of carbonyl (C=O) groups excluding carboxylic acids is 1. The maximum atomic E-state index is 11.7. The molecule has 1 saturated carbocycles. The first-order valence-corrected chi connectivity index (χ1v) is 6.88. The summed E-state index contributed by atoms with van der Waals surface area (Å²) in [6, 6.07) is 7.88. The molecule has 1 aliphatic rings. The maximum absolute atomic E-state index is 11.7. The molecular weight excluding hydrogens is 246 g/mol. The lowest BCUT2D eigenvalue weighted by atomic mass is 9.88. The number of halogens is 1. The third-order valence-electron chi connectivity index (χ3n) is 4.82. The van der Waals surface area contributed by atoms with Crippen LogP contribution in [0.2, 0.25) is 5.02 Å². The van der Waals surface area contributed by atoms with Gasteiger partial charge in [-0.25, -0.2) is 0 Å². The zero-order valence-electron chi connectivity index (χ0n) is 11.1. The normalized spacial score (nSPS) is 32.0. The van der Waals surface area contributed by atoms with Crippen molar-refractivity contribution in [3.63, 3.8) is 0 Å². The van der Waals surface area contributed by atoms with E-state index in [0.29, 0.717) is 17.8 Å². The first-order valence-electron chi connectivity index (χ1n) is 6.50. The van der Waals surface area contributed by atoms with Crippen molar-refractivity contribution in [3.8, 4) is 0 Å². The van der Waals surface area contributed by atoms with E-state index in [1.165, 1.54) is 5.56 Å². The van der Waals surface area contributed by atoms with Crippen LogP contribution in [0.1, 0.15) is 38.7 Å². The Labute approximate surface area is 114 Å². The van der Waals surface area contributed by atoms with Gasteiger partial charge in [0.1, 0.15) is 0 Å². The second-order valence-corrected chi connectivity index (χ2v) is 5.85. The third-order valence-corrected chi connectivity index (χ3v) is 5.07. The SMILES string of the molecule is CCC1(C(N)=O)C(C)C1C(C)c1ccc(Cl)cc1. The van der Waals surface area contributed by atoms with Gasteiger partial charge in [-0.1, -0.05) is 44.5 Å². The molecule has 4 atom stereocenters. The fourth-order valence-corrected chi connectivity index (χ4v) is 3.77. The fraction of sp³-hybridized carbons (Fsp3) is 0.533. The van der Waals surface area contributed by atoms with Crippen molar-refractivity contribution in [2.75, 3.05) is 0 Å². The number of benzene rings is 1. The van der Waals surface area contributed by atoms with E-state index in [-0.39, 0.29) is 11.3 Å². The highest BCUT2D eigenvalue weighted by Crippen LogP contribution is 2.65. The van der Waals surface area contributed by atoms with Gasteiger partial charge < -0.3 is 5.73 Å². The molecule has 2 nitrogen and oxygen atoms in total. The average Bonchev–Trinajstić information content (AvgIpc) is 2.95. The number of nitrogens with two attached hydrogens (primary N) is 1. The Bertz CT molecular complexity index is 456. The summed E-state index contributed by atoms with van der Waals surface area (Å²) >= 11 is 5.90. The van der Waals surface area contributed by atoms with Crippen LogP contribution in [0.3, 0.4) is 0 Å². The predicted molar refractivity (Wildman–Crippen MR) is 74.4 cm³/mol. The minimum atomic E-state index is -0.306. The van der Waals surface area contributed by atoms with Gasteiger partial charge in [-0.2, -0.15) is 0 Å². The molecule has 0 aliphatic heterocycles. The van der Waals surface area contributed by atoms with Gasteiger partial charge in [-0.3, -0.25) is 4.79 Å². The number of carbonyl (C=O) groups is 1. The summed E-state index contributed by atoms with van der Waals surface area (Å²) in [5, 5.41) is 0.742. The predicted octanol–water partition coefficient (Wildman–Crippen LogP) is 3.59. The highest BCUT2D eigenvalue weighted by Gasteiger charge is 2.66. The number of primary amides is 1. The molecular formula is C15H20ClNO. The maximum Gasteiger partial charge on any atom is 0.224 e. The lowest BCUT2D eigenvalue weighted by Gasteiger charge is -2.16. The van der Waals surface area contributed by atoms with E-state index in [2.05, 4.69) is 20.8 Å². The Morgan fingerprint density at radius 3 is 2.39 bits per heavy atom. The van der Waals surface area contributed by atoms with Crippen molar-refractivity contribution >= 4 is 17.5 Å². The molecule has 4 unspecified atom stereocenters. The second kappa shape index (κ2) is 4.58. The van der Waals surface area contributed by atoms with Crippen molar-refractivity contribution < 1.29 is 4.79 Å². The minimum absolute atomic E-state index is 0.150. The van der Waals surface area contributed by atoms with Gasteiger partial charge in [0.15, 0.2) is 0 Å². The van der Waals surface area contributed by atoms with E-state index in [4.69, 9.17) is 17.3 Å². The molecule has 1 fully saturated rings. The van der Waals surface area contributed by atoms with E-state index in [1.807, 2.05) is 24.3 Å². The lowest BCUT2D eigenvalue weighted by Crippen LogP contribution is -2.28. The van der Waals surface area contributed by atoms with Crippen LogP contribution < -0.4 is 5.73 Å². The largest absolute Gasteiger partial charge is 0.369 e. The lowest BCUT2D eigenvalue weighted by molar-refractivity contribution is -0.124. The van der Waals surface area contributed by atoms with Crippen molar-refractivity contribution in [1.82, 2.24) is 0 Å². The van der Waals surface area contributed by atoms with E-state index in [1.54, 1.807) is 0 Å². The first kappa shape index (κ1) is 13.4. The Kier molecular flexibility index (Phi) is 3.41. The van der Waals surface area contributed by atoms with Crippen LogP contribution in [0.25, 0.3) is 0 Å². The molecule has 18 heavy (non-hydrogen) atoms. The van der Waals surface area contributed by atoms with Crippen LogP contribution in [0.5, 0.6) is 0 Å². The van der Waals surface area contributed by atoms with Gasteiger partial charge in [-0.05, 0) is 41.9 Å². The molecule has 0 heterocycles. The summed E-state index contributed by atoms with van der Waals surface area (Å²) in [6.45, 7) is 6.35. The fourth-order valence-electron chi connectivity index (χ4n) is 3.64. The molecule has 3 heteroatoms. The van der Waals surface area contributed by atoms with E-state index >= 15 is 0 Å². The molecule has 0 spiro atoms. The molecule has 1 aliphatic carbocycles. The Morgan fingerprint density at radius 1 is 1.44 bits per heavy atom. The molecule has 2 rings (SSSR count). The van der Waals surface area contributed by atoms with Gasteiger partial charge in [0, 0.05) is 5.02 Å². The van der Waals surface area contributed by atoms with E-state index in [0.717, 1.165) is 11.4 Å². The van der Waals surface area contributed by atoms with Crippen LogP contribution in [0.4, 0.5) is 0 Å². The van der Waals surface area contributed by atoms with Gasteiger partial charge in [0.25, 0.3) is 0 Å². The molecule has 0 saturated heterocycles. The van der Waals surface area contributed by atoms with Crippen LogP contribution in [0, 0.1) is 17.3 Å². The molecule has 1 aromatic carbocycles. The number of hydrogen-bond acceptors (Lipinski definition) is 1. The smallest absolute Gasteiger partial charge is 0.224 e. The number of rotatable bonds is 4. The molecule has 0 radical (unpaired) electrons. The van der Waals surface area contributed by atoms with Crippen LogP contribution in [-0.2, 0) is 4.79 Å². The monoisotopic (exact) mass is 265 g/mol. The van der Waals surface area contributed by atoms with Crippen molar-refractivity contribution in [1.29, 1.82) is 0 Å². The molecule has 0 aromatic heterocycles. The van der Waals surface area contributed by atoms with Gasteiger partial charge >= 0.3 is 0 Å². The van der Waals surface area contributed by atoms with Gasteiger partial charge in [0.2, 0.25) is 5.91 Å². The summed E-state index contributed by atoms with van der Waals surface area (Å²) in [5.41, 5.74) is 6.53. The Morgan fingerprint density at radius 2 is 2.00 bits per heavy atom. The topological polar surface area (TPSA) is 43.1 Å². The third kappa shape index (κ3) is 1.83. The summed E-state index contributed by atoms with van der Waals surface area (Å²) < 4.78 is 0. The van der Waals surface area contributed by atoms with Gasteiger partial charge in [0.05, 0.1) is 5.41 Å². The molecule has 2 N–H and O–H groups in total. The zero-order chi connectivity index (χ0) is 13.5. The molecule has 1 aromatic rings. The van der Waals surface area contributed by atoms with Crippen LogP contribution in [-0.4, -0.2) is 5.91 Å². The van der Waals surface area contributed by atoms with Crippen molar-refractivity contribution in [2.24, 2.45) is 23.0 Å². The highest BCUT2D eigenvalue weighted by atomic mass is 35.5. The van der Waals surface area contributed by atoms with Crippen LogP contribution >= 0.6 is 11.6 Å². The minimum Gasteiger partial charge on any atom is -0.369 e. The van der Waals surface area contributed by atoms with Crippen LogP contribution in [0.15, 0.2) is 24.3 Å². The Hall–Kier alpha value is -1.02.